The van der Waals surface area contributed by atoms with E-state index in [0.29, 0.717) is 46.8 Å². The van der Waals surface area contributed by atoms with Gasteiger partial charge >= 0.3 is 12.4 Å². The number of carbonyl (C=O) groups excluding carboxylic acids is 2. The smallest absolute Gasteiger partial charge is 0.342 e. The first-order valence-corrected chi connectivity index (χ1v) is 8.30. The summed E-state index contributed by atoms with van der Waals surface area (Å²) in [6, 6.07) is 0. The highest BCUT2D eigenvalue weighted by atomic mass is 16.8. The van der Waals surface area contributed by atoms with Crippen LogP contribution in [0.2, 0.25) is 0 Å². The monoisotopic (exact) mass is 364 g/mol. The van der Waals surface area contributed by atoms with E-state index in [1.54, 1.807) is 27.0 Å². The van der Waals surface area contributed by atoms with Gasteiger partial charge in [-0.1, -0.05) is 6.08 Å². The lowest BCUT2D eigenvalue weighted by atomic mass is 9.95. The van der Waals surface area contributed by atoms with E-state index in [1.807, 2.05) is 6.92 Å². The summed E-state index contributed by atoms with van der Waals surface area (Å²) in [7, 11) is 2.99. The van der Waals surface area contributed by atoms with Crippen molar-refractivity contribution in [3.05, 3.63) is 33.9 Å². The largest absolute Gasteiger partial charge is 0.496 e. The molecule has 2 rings (SSSR count). The summed E-state index contributed by atoms with van der Waals surface area (Å²) in [4.78, 5) is 23.3. The zero-order chi connectivity index (χ0) is 19.3. The van der Waals surface area contributed by atoms with Crippen LogP contribution in [0, 0.1) is 6.92 Å². The quantitative estimate of drug-likeness (QED) is 0.288. The molecule has 0 aromatic heterocycles. The number of allylic oxidation sites excluding steroid dienone is 2. The highest BCUT2D eigenvalue weighted by Crippen LogP contribution is 2.43. The maximum atomic E-state index is 12.3. The number of hydrogen-bond acceptors (Lipinski definition) is 7. The van der Waals surface area contributed by atoms with Gasteiger partial charge in [0, 0.05) is 18.2 Å². The van der Waals surface area contributed by atoms with Gasteiger partial charge in [0.15, 0.2) is 0 Å². The number of ether oxygens (including phenoxy) is 5. The third-order valence-corrected chi connectivity index (χ3v) is 4.15. The molecule has 26 heavy (non-hydrogen) atoms. The number of esters is 1. The van der Waals surface area contributed by atoms with Gasteiger partial charge in [0.25, 0.3) is 0 Å². The van der Waals surface area contributed by atoms with Crippen LogP contribution in [0.3, 0.4) is 0 Å². The third kappa shape index (κ3) is 3.89. The maximum Gasteiger partial charge on any atom is 0.342 e. The van der Waals surface area contributed by atoms with E-state index in [2.05, 4.69) is 0 Å². The third-order valence-electron chi connectivity index (χ3n) is 4.15. The SMILES string of the molecule is CCOC(OC)Oc1c(CC=C(C)C=O)c(OC)c(C)c2c1C(=O)OC2. The Morgan fingerprint density at radius 3 is 2.62 bits per heavy atom. The molecule has 1 atom stereocenters. The standard InChI is InChI=1S/C19H24O7/c1-6-24-19(23-5)26-17-13(8-7-11(2)9-20)16(22-4)12(3)14-10-25-18(21)15(14)17/h7,9,19H,6,8,10H2,1-5H3. The van der Waals surface area contributed by atoms with Crippen LogP contribution in [0.25, 0.3) is 0 Å². The van der Waals surface area contributed by atoms with Gasteiger partial charge in [-0.3, -0.25) is 4.79 Å². The summed E-state index contributed by atoms with van der Waals surface area (Å²) in [5.41, 5.74) is 3.06. The van der Waals surface area contributed by atoms with Gasteiger partial charge in [0.2, 0.25) is 0 Å². The first kappa shape index (κ1) is 19.9. The normalized spacial score (nSPS) is 14.7. The highest BCUT2D eigenvalue weighted by Gasteiger charge is 2.34. The molecule has 0 radical (unpaired) electrons. The Kier molecular flexibility index (Phi) is 6.76. The van der Waals surface area contributed by atoms with Gasteiger partial charge in [-0.25, -0.2) is 4.79 Å². The van der Waals surface area contributed by atoms with E-state index in [1.165, 1.54) is 7.11 Å². The molecule has 0 saturated heterocycles. The van der Waals surface area contributed by atoms with E-state index in [4.69, 9.17) is 23.7 Å². The van der Waals surface area contributed by atoms with Gasteiger partial charge in [-0.05, 0) is 38.3 Å². The summed E-state index contributed by atoms with van der Waals surface area (Å²) in [5.74, 6) is 0.406. The lowest BCUT2D eigenvalue weighted by molar-refractivity contribution is -0.231. The molecule has 1 heterocycles. The molecule has 0 spiro atoms. The number of benzene rings is 1. The summed E-state index contributed by atoms with van der Waals surface area (Å²) < 4.78 is 27.2. The number of cyclic esters (lactones) is 1. The Morgan fingerprint density at radius 1 is 1.31 bits per heavy atom. The first-order chi connectivity index (χ1) is 12.5. The summed E-state index contributed by atoms with van der Waals surface area (Å²) in [6.07, 6.45) is 2.85. The summed E-state index contributed by atoms with van der Waals surface area (Å²) >= 11 is 0. The van der Waals surface area contributed by atoms with E-state index in [9.17, 15) is 9.59 Å². The van der Waals surface area contributed by atoms with Crippen LogP contribution in [-0.2, 0) is 32.0 Å². The highest BCUT2D eigenvalue weighted by molar-refractivity contribution is 5.98. The number of rotatable bonds is 9. The molecule has 1 unspecified atom stereocenters. The number of aldehydes is 1. The summed E-state index contributed by atoms with van der Waals surface area (Å²) in [6.45, 7) is 4.91. The van der Waals surface area contributed by atoms with Crippen LogP contribution in [0.4, 0.5) is 0 Å². The molecule has 0 aliphatic carbocycles. The van der Waals surface area contributed by atoms with E-state index >= 15 is 0 Å². The number of methoxy groups -OCH3 is 2. The predicted molar refractivity (Wildman–Crippen MR) is 93.4 cm³/mol. The second kappa shape index (κ2) is 8.82. The maximum absolute atomic E-state index is 12.3. The molecule has 0 saturated carbocycles. The van der Waals surface area contributed by atoms with Crippen molar-refractivity contribution in [2.24, 2.45) is 0 Å². The molecule has 0 fully saturated rings. The Morgan fingerprint density at radius 2 is 2.04 bits per heavy atom. The van der Waals surface area contributed by atoms with Gasteiger partial charge < -0.3 is 23.7 Å². The van der Waals surface area contributed by atoms with Crippen molar-refractivity contribution >= 4 is 12.3 Å². The van der Waals surface area contributed by atoms with Crippen LogP contribution >= 0.6 is 0 Å². The van der Waals surface area contributed by atoms with Crippen molar-refractivity contribution in [3.8, 4) is 11.5 Å². The molecule has 1 aliphatic heterocycles. The first-order valence-electron chi connectivity index (χ1n) is 8.30. The fourth-order valence-corrected chi connectivity index (χ4v) is 2.83. The number of fused-ring (bicyclic) bond motifs is 1. The van der Waals surface area contributed by atoms with Crippen LogP contribution in [-0.4, -0.2) is 39.6 Å². The zero-order valence-corrected chi connectivity index (χ0v) is 15.7. The fraction of sp³-hybridized carbons (Fsp3) is 0.474. The van der Waals surface area contributed by atoms with Gasteiger partial charge in [0.1, 0.15) is 30.0 Å². The Balaban J connectivity index is 2.65. The minimum atomic E-state index is -0.986. The van der Waals surface area contributed by atoms with Crippen molar-refractivity contribution in [1.29, 1.82) is 0 Å². The minimum absolute atomic E-state index is 0.155. The van der Waals surface area contributed by atoms with Gasteiger partial charge in [-0.15, -0.1) is 0 Å². The number of hydrogen-bond donors (Lipinski definition) is 0. The predicted octanol–water partition coefficient (Wildman–Crippen LogP) is 2.71. The molecule has 1 aromatic carbocycles. The van der Waals surface area contributed by atoms with Crippen molar-refractivity contribution in [3.63, 3.8) is 0 Å². The molecule has 7 heteroatoms. The molecule has 1 aromatic rings. The Bertz CT molecular complexity index is 721. The molecular formula is C19H24O7. The second-order valence-electron chi connectivity index (χ2n) is 5.76. The van der Waals surface area contributed by atoms with E-state index in [0.717, 1.165) is 11.8 Å². The lowest BCUT2D eigenvalue weighted by Crippen LogP contribution is -2.24. The van der Waals surface area contributed by atoms with Crippen LogP contribution in [0.15, 0.2) is 11.6 Å². The van der Waals surface area contributed by atoms with Crippen LogP contribution in [0.1, 0.15) is 40.9 Å². The molecule has 0 bridgehead atoms. The minimum Gasteiger partial charge on any atom is -0.496 e. The molecule has 0 N–H and O–H groups in total. The molecule has 142 valence electrons. The average Bonchev–Trinajstić information content (AvgIpc) is 3.03. The zero-order valence-electron chi connectivity index (χ0n) is 15.7. The van der Waals surface area contributed by atoms with Gasteiger partial charge in [-0.2, -0.15) is 0 Å². The van der Waals surface area contributed by atoms with Crippen molar-refractivity contribution in [1.82, 2.24) is 0 Å². The Hall–Kier alpha value is -2.38. The van der Waals surface area contributed by atoms with Crippen LogP contribution < -0.4 is 9.47 Å². The van der Waals surface area contributed by atoms with Crippen molar-refractivity contribution in [2.45, 2.75) is 40.3 Å². The Labute approximate surface area is 152 Å². The van der Waals surface area contributed by atoms with Crippen molar-refractivity contribution in [2.75, 3.05) is 20.8 Å². The molecule has 1 aliphatic rings. The molecular weight excluding hydrogens is 340 g/mol. The lowest BCUT2D eigenvalue weighted by Gasteiger charge is -2.23. The second-order valence-corrected chi connectivity index (χ2v) is 5.76. The fourth-order valence-electron chi connectivity index (χ4n) is 2.83. The molecule has 0 amide bonds. The average molecular weight is 364 g/mol. The molecule has 7 nitrogen and oxygen atoms in total. The van der Waals surface area contributed by atoms with Crippen molar-refractivity contribution < 1.29 is 33.3 Å². The summed E-state index contributed by atoms with van der Waals surface area (Å²) in [5, 5.41) is 0. The van der Waals surface area contributed by atoms with Gasteiger partial charge in [0.05, 0.1) is 13.7 Å². The van der Waals surface area contributed by atoms with Crippen LogP contribution in [0.5, 0.6) is 11.5 Å². The van der Waals surface area contributed by atoms with E-state index < -0.39 is 12.4 Å². The number of carbonyl (C=O) groups is 2. The van der Waals surface area contributed by atoms with E-state index in [-0.39, 0.29) is 6.61 Å². The topological polar surface area (TPSA) is 80.3 Å².